The van der Waals surface area contributed by atoms with Gasteiger partial charge in [-0.05, 0) is 18.6 Å². The highest BCUT2D eigenvalue weighted by molar-refractivity contribution is 6.00. The topological polar surface area (TPSA) is 92.4 Å². The van der Waals surface area contributed by atoms with Crippen molar-refractivity contribution in [3.8, 4) is 0 Å². The van der Waals surface area contributed by atoms with E-state index in [0.717, 1.165) is 0 Å². The van der Waals surface area contributed by atoms with Crippen LogP contribution in [0, 0.1) is 0 Å². The molecule has 1 rings (SSSR count). The number of para-hydroxylation sites is 1. The Morgan fingerprint density at radius 3 is 2.65 bits per heavy atom. The molecule has 4 N–H and O–H groups in total. The van der Waals surface area contributed by atoms with Crippen molar-refractivity contribution in [3.05, 3.63) is 29.8 Å². The number of hydrogen-bond acceptors (Lipinski definition) is 3. The third-order valence-corrected chi connectivity index (χ3v) is 2.40. The second kappa shape index (κ2) is 6.00. The molecule has 0 saturated carbocycles. The summed E-state index contributed by atoms with van der Waals surface area (Å²) in [7, 11) is 0. The Morgan fingerprint density at radius 1 is 1.41 bits per heavy atom. The van der Waals surface area contributed by atoms with Crippen LogP contribution in [0.5, 0.6) is 0 Å². The van der Waals surface area contributed by atoms with Crippen LogP contribution in [0.1, 0.15) is 30.1 Å². The van der Waals surface area contributed by atoms with Gasteiger partial charge in [0.25, 0.3) is 0 Å². The van der Waals surface area contributed by atoms with E-state index in [1.165, 1.54) is 6.07 Å². The van der Waals surface area contributed by atoms with Gasteiger partial charge in [-0.2, -0.15) is 0 Å². The third-order valence-electron chi connectivity index (χ3n) is 2.40. The van der Waals surface area contributed by atoms with Gasteiger partial charge in [-0.3, -0.25) is 4.79 Å². The zero-order valence-corrected chi connectivity index (χ0v) is 9.64. The monoisotopic (exact) mass is 236 g/mol. The molecule has 5 heteroatoms. The maximum Gasteiger partial charge on any atom is 0.337 e. The standard InChI is InChI=1S/C12H16N2O3/c1-2-8(13)7-11(15)14-10-6-4-3-5-9(10)12(16)17/h3-6,8H,2,7,13H2,1H3,(H,14,15)(H,16,17). The lowest BCUT2D eigenvalue weighted by Crippen LogP contribution is -2.26. The summed E-state index contributed by atoms with van der Waals surface area (Å²) in [5.41, 5.74) is 6.02. The van der Waals surface area contributed by atoms with E-state index in [-0.39, 0.29) is 23.9 Å². The molecule has 1 amide bonds. The van der Waals surface area contributed by atoms with Crippen LogP contribution in [0.3, 0.4) is 0 Å². The molecule has 0 fully saturated rings. The molecule has 92 valence electrons. The number of nitrogens with one attached hydrogen (secondary N) is 1. The smallest absolute Gasteiger partial charge is 0.337 e. The van der Waals surface area contributed by atoms with Gasteiger partial charge in [0.1, 0.15) is 0 Å². The van der Waals surface area contributed by atoms with Gasteiger partial charge in [-0.15, -0.1) is 0 Å². The molecule has 0 aliphatic rings. The van der Waals surface area contributed by atoms with Crippen LogP contribution in [-0.4, -0.2) is 23.0 Å². The highest BCUT2D eigenvalue weighted by atomic mass is 16.4. The van der Waals surface area contributed by atoms with Crippen molar-refractivity contribution in [1.82, 2.24) is 0 Å². The van der Waals surface area contributed by atoms with Gasteiger partial charge >= 0.3 is 5.97 Å². The fourth-order valence-corrected chi connectivity index (χ4v) is 1.36. The molecular formula is C12H16N2O3. The number of nitrogens with two attached hydrogens (primary N) is 1. The quantitative estimate of drug-likeness (QED) is 0.721. The molecule has 0 heterocycles. The number of carboxylic acid groups (broad SMARTS) is 1. The maximum atomic E-state index is 11.6. The summed E-state index contributed by atoms with van der Waals surface area (Å²) in [6.07, 6.45) is 0.887. The molecule has 0 aliphatic carbocycles. The Kier molecular flexibility index (Phi) is 4.66. The summed E-state index contributed by atoms with van der Waals surface area (Å²) in [5.74, 6) is -1.34. The third kappa shape index (κ3) is 3.88. The first kappa shape index (κ1) is 13.2. The zero-order chi connectivity index (χ0) is 12.8. The highest BCUT2D eigenvalue weighted by Crippen LogP contribution is 2.15. The van der Waals surface area contributed by atoms with E-state index in [1.807, 2.05) is 6.92 Å². The van der Waals surface area contributed by atoms with Gasteiger partial charge in [0.2, 0.25) is 5.91 Å². The van der Waals surface area contributed by atoms with E-state index in [2.05, 4.69) is 5.32 Å². The SMILES string of the molecule is CCC(N)CC(=O)Nc1ccccc1C(=O)O. The first-order chi connectivity index (χ1) is 8.04. The van der Waals surface area contributed by atoms with Crippen LogP contribution in [0.15, 0.2) is 24.3 Å². The van der Waals surface area contributed by atoms with Crippen molar-refractivity contribution >= 4 is 17.6 Å². The average Bonchev–Trinajstić information content (AvgIpc) is 2.29. The Hall–Kier alpha value is -1.88. The van der Waals surface area contributed by atoms with E-state index in [4.69, 9.17) is 10.8 Å². The van der Waals surface area contributed by atoms with Crippen LogP contribution in [0.4, 0.5) is 5.69 Å². The van der Waals surface area contributed by atoms with Crippen LogP contribution in [0.2, 0.25) is 0 Å². The number of carbonyl (C=O) groups is 2. The predicted molar refractivity (Wildman–Crippen MR) is 64.9 cm³/mol. The number of anilines is 1. The molecule has 17 heavy (non-hydrogen) atoms. The van der Waals surface area contributed by atoms with Gasteiger partial charge < -0.3 is 16.2 Å². The molecule has 0 radical (unpaired) electrons. The fraction of sp³-hybridized carbons (Fsp3) is 0.333. The summed E-state index contributed by atoms with van der Waals surface area (Å²) in [6, 6.07) is 6.07. The first-order valence-electron chi connectivity index (χ1n) is 5.42. The molecule has 5 nitrogen and oxygen atoms in total. The van der Waals surface area contributed by atoms with E-state index >= 15 is 0 Å². The molecule has 0 saturated heterocycles. The van der Waals surface area contributed by atoms with Crippen LogP contribution in [-0.2, 0) is 4.79 Å². The number of carboxylic acids is 1. The lowest BCUT2D eigenvalue weighted by molar-refractivity contribution is -0.116. The van der Waals surface area contributed by atoms with E-state index in [0.29, 0.717) is 12.1 Å². The van der Waals surface area contributed by atoms with Crippen molar-refractivity contribution in [2.24, 2.45) is 5.73 Å². The molecule has 0 spiro atoms. The second-order valence-electron chi connectivity index (χ2n) is 3.77. The minimum Gasteiger partial charge on any atom is -0.478 e. The number of carbonyl (C=O) groups excluding carboxylic acids is 1. The largest absolute Gasteiger partial charge is 0.478 e. The molecular weight excluding hydrogens is 220 g/mol. The number of benzene rings is 1. The first-order valence-corrected chi connectivity index (χ1v) is 5.42. The van der Waals surface area contributed by atoms with Crippen LogP contribution in [0.25, 0.3) is 0 Å². The molecule has 0 aromatic heterocycles. The summed E-state index contributed by atoms with van der Waals surface area (Å²) >= 11 is 0. The fourth-order valence-electron chi connectivity index (χ4n) is 1.36. The van der Waals surface area contributed by atoms with E-state index in [9.17, 15) is 9.59 Å². The number of hydrogen-bond donors (Lipinski definition) is 3. The van der Waals surface area contributed by atoms with Gasteiger partial charge in [0, 0.05) is 12.5 Å². The lowest BCUT2D eigenvalue weighted by Gasteiger charge is -2.11. The van der Waals surface area contributed by atoms with Crippen molar-refractivity contribution in [3.63, 3.8) is 0 Å². The summed E-state index contributed by atoms with van der Waals surface area (Å²) in [6.45, 7) is 1.89. The Labute approximate surface area is 99.6 Å². The predicted octanol–water partition coefficient (Wildman–Crippen LogP) is 1.45. The minimum absolute atomic E-state index is 0.0749. The second-order valence-corrected chi connectivity index (χ2v) is 3.77. The maximum absolute atomic E-state index is 11.6. The molecule has 0 aliphatic heterocycles. The van der Waals surface area contributed by atoms with Crippen molar-refractivity contribution < 1.29 is 14.7 Å². The van der Waals surface area contributed by atoms with Gasteiger partial charge in [-0.1, -0.05) is 19.1 Å². The zero-order valence-electron chi connectivity index (χ0n) is 9.64. The van der Waals surface area contributed by atoms with Gasteiger partial charge in [0.15, 0.2) is 0 Å². The minimum atomic E-state index is -1.07. The van der Waals surface area contributed by atoms with Crippen molar-refractivity contribution in [2.45, 2.75) is 25.8 Å². The van der Waals surface area contributed by atoms with Crippen molar-refractivity contribution in [1.29, 1.82) is 0 Å². The number of amides is 1. The van der Waals surface area contributed by atoms with E-state index in [1.54, 1.807) is 18.2 Å². The number of aromatic carboxylic acids is 1. The van der Waals surface area contributed by atoms with E-state index < -0.39 is 5.97 Å². The molecule has 1 aromatic rings. The molecule has 1 unspecified atom stereocenters. The molecule has 1 aromatic carbocycles. The normalized spacial score (nSPS) is 11.9. The van der Waals surface area contributed by atoms with Gasteiger partial charge in [0.05, 0.1) is 11.3 Å². The molecule has 1 atom stereocenters. The van der Waals surface area contributed by atoms with Crippen LogP contribution < -0.4 is 11.1 Å². The summed E-state index contributed by atoms with van der Waals surface area (Å²) in [4.78, 5) is 22.5. The molecule has 0 bridgehead atoms. The Balaban J connectivity index is 2.74. The van der Waals surface area contributed by atoms with Crippen molar-refractivity contribution in [2.75, 3.05) is 5.32 Å². The number of rotatable bonds is 5. The summed E-state index contributed by atoms with van der Waals surface area (Å²) < 4.78 is 0. The Morgan fingerprint density at radius 2 is 2.06 bits per heavy atom. The average molecular weight is 236 g/mol. The van der Waals surface area contributed by atoms with Gasteiger partial charge in [-0.25, -0.2) is 4.79 Å². The Bertz CT molecular complexity index is 418. The lowest BCUT2D eigenvalue weighted by atomic mass is 10.1. The van der Waals surface area contributed by atoms with Crippen LogP contribution >= 0.6 is 0 Å². The summed E-state index contributed by atoms with van der Waals surface area (Å²) in [5, 5.41) is 11.5. The highest BCUT2D eigenvalue weighted by Gasteiger charge is 2.13.